The topological polar surface area (TPSA) is 55.6 Å². The molecule has 78 valence electrons. The summed E-state index contributed by atoms with van der Waals surface area (Å²) in [5.74, 6) is 0.00292. The lowest BCUT2D eigenvalue weighted by molar-refractivity contribution is -0.139. The highest BCUT2D eigenvalue weighted by Crippen LogP contribution is 1.97. The van der Waals surface area contributed by atoms with Gasteiger partial charge in [-0.1, -0.05) is 0 Å². The third-order valence-electron chi connectivity index (χ3n) is 2.00. The van der Waals surface area contributed by atoms with E-state index in [0.717, 1.165) is 6.42 Å². The minimum Gasteiger partial charge on any atom is -0.372 e. The maximum absolute atomic E-state index is 11.4. The molecular formula is C9H20N2O2. The summed E-state index contributed by atoms with van der Waals surface area (Å²) in [6, 6.07) is 0.133. The summed E-state index contributed by atoms with van der Waals surface area (Å²) >= 11 is 0. The number of nitrogens with two attached hydrogens (primary N) is 1. The van der Waals surface area contributed by atoms with E-state index in [1.165, 1.54) is 7.11 Å². The van der Waals surface area contributed by atoms with Crippen molar-refractivity contribution in [3.05, 3.63) is 0 Å². The molecule has 0 rings (SSSR count). The summed E-state index contributed by atoms with van der Waals surface area (Å²) in [6.07, 6.45) is 0.455. The van der Waals surface area contributed by atoms with Crippen LogP contribution in [0.5, 0.6) is 0 Å². The van der Waals surface area contributed by atoms with Crippen molar-refractivity contribution >= 4 is 5.91 Å². The van der Waals surface area contributed by atoms with Gasteiger partial charge in [0.25, 0.3) is 5.91 Å². The third kappa shape index (κ3) is 4.85. The molecule has 4 heteroatoms. The van der Waals surface area contributed by atoms with Crippen LogP contribution >= 0.6 is 0 Å². The van der Waals surface area contributed by atoms with Crippen molar-refractivity contribution in [2.45, 2.75) is 32.4 Å². The molecule has 0 aliphatic rings. The molecule has 0 aromatic heterocycles. The van der Waals surface area contributed by atoms with Crippen LogP contribution in [0.15, 0.2) is 0 Å². The van der Waals surface area contributed by atoms with E-state index in [9.17, 15) is 4.79 Å². The van der Waals surface area contributed by atoms with Crippen molar-refractivity contribution in [1.29, 1.82) is 0 Å². The monoisotopic (exact) mass is 188 g/mol. The number of hydrogen-bond acceptors (Lipinski definition) is 3. The standard InChI is InChI=1S/C9H20N2O2/c1-7(10)5-6-11(3)9(12)8(2)13-4/h7-8H,5-6,10H2,1-4H3. The van der Waals surface area contributed by atoms with E-state index in [0.29, 0.717) is 6.54 Å². The van der Waals surface area contributed by atoms with E-state index in [2.05, 4.69) is 0 Å². The fraction of sp³-hybridized carbons (Fsp3) is 0.889. The molecule has 13 heavy (non-hydrogen) atoms. The zero-order valence-corrected chi connectivity index (χ0v) is 8.91. The van der Waals surface area contributed by atoms with Crippen molar-refractivity contribution in [2.75, 3.05) is 20.7 Å². The van der Waals surface area contributed by atoms with E-state index in [-0.39, 0.29) is 18.1 Å². The molecule has 1 amide bonds. The average molecular weight is 188 g/mol. The lowest BCUT2D eigenvalue weighted by Crippen LogP contribution is -2.37. The Labute approximate surface area is 80.0 Å². The Kier molecular flexibility index (Phi) is 5.66. The van der Waals surface area contributed by atoms with E-state index in [4.69, 9.17) is 10.5 Å². The first kappa shape index (κ1) is 12.4. The molecule has 0 aromatic rings. The van der Waals surface area contributed by atoms with Crippen molar-refractivity contribution in [1.82, 2.24) is 4.90 Å². The maximum atomic E-state index is 11.4. The summed E-state index contributed by atoms with van der Waals surface area (Å²) in [5, 5.41) is 0. The number of rotatable bonds is 5. The van der Waals surface area contributed by atoms with Crippen molar-refractivity contribution in [2.24, 2.45) is 5.73 Å². The Morgan fingerprint density at radius 3 is 2.46 bits per heavy atom. The van der Waals surface area contributed by atoms with Gasteiger partial charge in [-0.15, -0.1) is 0 Å². The smallest absolute Gasteiger partial charge is 0.251 e. The van der Waals surface area contributed by atoms with Gasteiger partial charge in [0.05, 0.1) is 0 Å². The van der Waals surface area contributed by atoms with Gasteiger partial charge in [0.2, 0.25) is 0 Å². The van der Waals surface area contributed by atoms with Gasteiger partial charge in [-0.25, -0.2) is 0 Å². The Morgan fingerprint density at radius 2 is 2.08 bits per heavy atom. The quantitative estimate of drug-likeness (QED) is 0.671. The fourth-order valence-electron chi connectivity index (χ4n) is 0.919. The molecule has 0 fully saturated rings. The second-order valence-corrected chi connectivity index (χ2v) is 3.40. The first-order chi connectivity index (χ1) is 5.99. The van der Waals surface area contributed by atoms with Crippen molar-refractivity contribution < 1.29 is 9.53 Å². The highest BCUT2D eigenvalue weighted by molar-refractivity contribution is 5.80. The lowest BCUT2D eigenvalue weighted by atomic mass is 10.2. The van der Waals surface area contributed by atoms with Crippen LogP contribution in [0.1, 0.15) is 20.3 Å². The molecule has 0 saturated carbocycles. The number of likely N-dealkylation sites (N-methyl/N-ethyl adjacent to an activating group) is 1. The van der Waals surface area contributed by atoms with Gasteiger partial charge in [-0.05, 0) is 20.3 Å². The highest BCUT2D eigenvalue weighted by atomic mass is 16.5. The molecule has 2 N–H and O–H groups in total. The summed E-state index contributed by atoms with van der Waals surface area (Å²) < 4.78 is 4.92. The Hall–Kier alpha value is -0.610. The summed E-state index contributed by atoms with van der Waals surface area (Å²) in [4.78, 5) is 13.1. The molecule has 0 radical (unpaired) electrons. The van der Waals surface area contributed by atoms with Crippen LogP contribution in [0.25, 0.3) is 0 Å². The van der Waals surface area contributed by atoms with Crippen LogP contribution in [-0.4, -0.2) is 43.7 Å². The minimum absolute atomic E-state index is 0.00292. The number of nitrogens with zero attached hydrogens (tertiary/aromatic N) is 1. The predicted molar refractivity (Wildman–Crippen MR) is 52.4 cm³/mol. The third-order valence-corrected chi connectivity index (χ3v) is 2.00. The molecule has 0 spiro atoms. The van der Waals surface area contributed by atoms with Crippen molar-refractivity contribution in [3.8, 4) is 0 Å². The molecule has 0 aliphatic heterocycles. The van der Waals surface area contributed by atoms with Gasteiger partial charge < -0.3 is 15.4 Å². The van der Waals surface area contributed by atoms with Gasteiger partial charge in [0.15, 0.2) is 0 Å². The maximum Gasteiger partial charge on any atom is 0.251 e. The summed E-state index contributed by atoms with van der Waals surface area (Å²) in [5.41, 5.74) is 5.58. The van der Waals surface area contributed by atoms with E-state index in [1.807, 2.05) is 6.92 Å². The number of hydrogen-bond donors (Lipinski definition) is 1. The highest BCUT2D eigenvalue weighted by Gasteiger charge is 2.16. The second-order valence-electron chi connectivity index (χ2n) is 3.40. The number of amides is 1. The van der Waals surface area contributed by atoms with Gasteiger partial charge in [0.1, 0.15) is 6.10 Å². The number of ether oxygens (including phenoxy) is 1. The van der Waals surface area contributed by atoms with Crippen LogP contribution in [0.2, 0.25) is 0 Å². The number of methoxy groups -OCH3 is 1. The first-order valence-electron chi connectivity index (χ1n) is 4.52. The van der Waals surface area contributed by atoms with Gasteiger partial charge >= 0.3 is 0 Å². The predicted octanol–water partition coefficient (Wildman–Crippen LogP) is 0.217. The van der Waals surface area contributed by atoms with Crippen LogP contribution in [0, 0.1) is 0 Å². The largest absolute Gasteiger partial charge is 0.372 e. The lowest BCUT2D eigenvalue weighted by Gasteiger charge is -2.21. The summed E-state index contributed by atoms with van der Waals surface area (Å²) in [7, 11) is 3.29. The molecule has 0 bridgehead atoms. The molecule has 2 unspecified atom stereocenters. The SMILES string of the molecule is COC(C)C(=O)N(C)CCC(C)N. The van der Waals surface area contributed by atoms with Gasteiger partial charge in [-0.3, -0.25) is 4.79 Å². The molecule has 0 heterocycles. The van der Waals surface area contributed by atoms with Crippen LogP contribution in [0.4, 0.5) is 0 Å². The zero-order valence-electron chi connectivity index (χ0n) is 8.91. The average Bonchev–Trinajstić information content (AvgIpc) is 2.11. The van der Waals surface area contributed by atoms with E-state index < -0.39 is 0 Å². The zero-order chi connectivity index (χ0) is 10.4. The molecule has 0 saturated heterocycles. The molecule has 2 atom stereocenters. The van der Waals surface area contributed by atoms with E-state index >= 15 is 0 Å². The van der Waals surface area contributed by atoms with Gasteiger partial charge in [0, 0.05) is 26.7 Å². The Bertz CT molecular complexity index is 160. The van der Waals surface area contributed by atoms with Gasteiger partial charge in [-0.2, -0.15) is 0 Å². The Morgan fingerprint density at radius 1 is 1.54 bits per heavy atom. The molecule has 0 aromatic carbocycles. The number of carbonyl (C=O) groups excluding carboxylic acids is 1. The van der Waals surface area contributed by atoms with E-state index in [1.54, 1.807) is 18.9 Å². The molecule has 0 aliphatic carbocycles. The summed E-state index contributed by atoms with van der Waals surface area (Å²) in [6.45, 7) is 4.35. The first-order valence-corrected chi connectivity index (χ1v) is 4.52. The number of carbonyl (C=O) groups is 1. The normalized spacial score (nSPS) is 15.2. The second kappa shape index (κ2) is 5.94. The Balaban J connectivity index is 3.82. The van der Waals surface area contributed by atoms with Crippen LogP contribution in [-0.2, 0) is 9.53 Å². The fourth-order valence-corrected chi connectivity index (χ4v) is 0.919. The van der Waals surface area contributed by atoms with Crippen molar-refractivity contribution in [3.63, 3.8) is 0 Å². The molecular weight excluding hydrogens is 168 g/mol. The molecule has 4 nitrogen and oxygen atoms in total. The van der Waals surface area contributed by atoms with Crippen LogP contribution < -0.4 is 5.73 Å². The van der Waals surface area contributed by atoms with Crippen LogP contribution in [0.3, 0.4) is 0 Å². The minimum atomic E-state index is -0.363.